The van der Waals surface area contributed by atoms with Crippen LogP contribution in [-0.2, 0) is 0 Å². The minimum absolute atomic E-state index is 1.25. The molecule has 0 radical (unpaired) electrons. The number of hydrogen-bond acceptors (Lipinski definition) is 0. The standard InChI is InChI=1S/C24H22Si2/c1-5-25(3,21-15-9-7-10-16-21)23-19-13-14-20-24(23)26(4,6-2)22-17-11-8-12-18-22/h1-2,7-20H,3-4H3. The van der Waals surface area contributed by atoms with E-state index in [1.807, 2.05) is 12.1 Å². The Morgan fingerprint density at radius 2 is 0.846 bits per heavy atom. The lowest BCUT2D eigenvalue weighted by Crippen LogP contribution is -2.68. The monoisotopic (exact) mass is 366 g/mol. The lowest BCUT2D eigenvalue weighted by molar-refractivity contribution is 1.70. The largest absolute Gasteiger partial charge is 0.195 e. The Bertz CT molecular complexity index is 897. The third-order valence-electron chi connectivity index (χ3n) is 5.28. The van der Waals surface area contributed by atoms with Gasteiger partial charge in [-0.1, -0.05) is 98.0 Å². The molecule has 0 saturated carbocycles. The highest BCUT2D eigenvalue weighted by molar-refractivity contribution is 7.15. The van der Waals surface area contributed by atoms with E-state index >= 15 is 0 Å². The van der Waals surface area contributed by atoms with Crippen LogP contribution in [0.5, 0.6) is 0 Å². The van der Waals surface area contributed by atoms with Crippen LogP contribution in [0.2, 0.25) is 13.1 Å². The van der Waals surface area contributed by atoms with Gasteiger partial charge in [0.25, 0.3) is 0 Å². The minimum atomic E-state index is -2.31. The van der Waals surface area contributed by atoms with Crippen LogP contribution in [-0.4, -0.2) is 16.1 Å². The highest BCUT2D eigenvalue weighted by atomic mass is 28.3. The minimum Gasteiger partial charge on any atom is -0.126 e. The molecule has 0 amide bonds. The van der Waals surface area contributed by atoms with Crippen LogP contribution in [0.3, 0.4) is 0 Å². The lowest BCUT2D eigenvalue weighted by atomic mass is 10.3. The molecule has 0 saturated heterocycles. The first-order chi connectivity index (χ1) is 12.6. The predicted molar refractivity (Wildman–Crippen MR) is 119 cm³/mol. The number of terminal acetylenes is 2. The summed E-state index contributed by atoms with van der Waals surface area (Å²) in [6, 6.07) is 29.5. The quantitative estimate of drug-likeness (QED) is 0.491. The molecule has 0 aliphatic carbocycles. The molecule has 2 atom stereocenters. The molecular formula is C24H22Si2. The zero-order valence-corrected chi connectivity index (χ0v) is 17.2. The molecule has 0 aliphatic rings. The SMILES string of the molecule is C#C[Si](C)(c1ccccc1)c1ccccc1[Si](C)(C#C)c1ccccc1. The first kappa shape index (κ1) is 18.0. The molecule has 0 nitrogen and oxygen atoms in total. The Kier molecular flexibility index (Phi) is 5.00. The topological polar surface area (TPSA) is 0 Å². The van der Waals surface area contributed by atoms with Crippen molar-refractivity contribution in [3.05, 3.63) is 84.9 Å². The van der Waals surface area contributed by atoms with E-state index in [0.29, 0.717) is 0 Å². The Hall–Kier alpha value is -2.79. The van der Waals surface area contributed by atoms with E-state index in [0.717, 1.165) is 0 Å². The average Bonchev–Trinajstić information content (AvgIpc) is 2.74. The van der Waals surface area contributed by atoms with Gasteiger partial charge in [0.15, 0.2) is 16.1 Å². The van der Waals surface area contributed by atoms with E-state index in [1.165, 1.54) is 20.7 Å². The molecule has 126 valence electrons. The summed E-state index contributed by atoms with van der Waals surface area (Å²) >= 11 is 0. The van der Waals surface area contributed by atoms with Crippen molar-refractivity contribution in [2.24, 2.45) is 0 Å². The normalized spacial score (nSPS) is 15.1. The molecule has 0 heterocycles. The van der Waals surface area contributed by atoms with Gasteiger partial charge in [0.1, 0.15) is 0 Å². The highest BCUT2D eigenvalue weighted by Crippen LogP contribution is 2.09. The Morgan fingerprint density at radius 3 is 1.15 bits per heavy atom. The maximum Gasteiger partial charge on any atom is 0.195 e. The van der Waals surface area contributed by atoms with Crippen LogP contribution in [0.25, 0.3) is 0 Å². The molecule has 0 spiro atoms. The van der Waals surface area contributed by atoms with Gasteiger partial charge in [-0.3, -0.25) is 0 Å². The molecule has 0 aromatic heterocycles. The summed E-state index contributed by atoms with van der Waals surface area (Å²) in [5.74, 6) is 0. The van der Waals surface area contributed by atoms with Gasteiger partial charge in [-0.15, -0.1) is 23.9 Å². The fourth-order valence-electron chi connectivity index (χ4n) is 3.53. The van der Waals surface area contributed by atoms with Crippen molar-refractivity contribution in [3.63, 3.8) is 0 Å². The fourth-order valence-corrected chi connectivity index (χ4v) is 10.1. The van der Waals surface area contributed by atoms with Gasteiger partial charge in [-0.2, -0.15) is 0 Å². The van der Waals surface area contributed by atoms with Crippen molar-refractivity contribution in [2.45, 2.75) is 13.1 Å². The van der Waals surface area contributed by atoms with E-state index in [-0.39, 0.29) is 0 Å². The van der Waals surface area contributed by atoms with Crippen LogP contribution >= 0.6 is 0 Å². The van der Waals surface area contributed by atoms with Gasteiger partial charge in [-0.05, 0) is 20.7 Å². The average molecular weight is 367 g/mol. The fraction of sp³-hybridized carbons (Fsp3) is 0.0833. The van der Waals surface area contributed by atoms with Crippen molar-refractivity contribution in [1.29, 1.82) is 0 Å². The highest BCUT2D eigenvalue weighted by Gasteiger charge is 2.39. The summed E-state index contributed by atoms with van der Waals surface area (Å²) in [6.45, 7) is 4.50. The first-order valence-corrected chi connectivity index (χ1v) is 13.7. The van der Waals surface area contributed by atoms with E-state index in [1.54, 1.807) is 0 Å². The van der Waals surface area contributed by atoms with Gasteiger partial charge >= 0.3 is 0 Å². The molecule has 26 heavy (non-hydrogen) atoms. The van der Waals surface area contributed by atoms with Gasteiger partial charge in [0.2, 0.25) is 0 Å². The van der Waals surface area contributed by atoms with Crippen LogP contribution in [0.1, 0.15) is 0 Å². The second-order valence-electron chi connectivity index (χ2n) is 6.82. The molecule has 0 fully saturated rings. The van der Waals surface area contributed by atoms with Crippen LogP contribution in [0, 0.1) is 23.9 Å². The maximum atomic E-state index is 6.14. The summed E-state index contributed by atoms with van der Waals surface area (Å²) in [4.78, 5) is 0. The van der Waals surface area contributed by atoms with Crippen LogP contribution in [0.15, 0.2) is 84.9 Å². The molecule has 3 rings (SSSR count). The molecule has 3 aromatic rings. The van der Waals surface area contributed by atoms with E-state index in [2.05, 4.69) is 97.0 Å². The zero-order chi connectivity index (χ0) is 18.6. The van der Waals surface area contributed by atoms with Crippen molar-refractivity contribution in [2.75, 3.05) is 0 Å². The molecule has 2 unspecified atom stereocenters. The van der Waals surface area contributed by atoms with Gasteiger partial charge < -0.3 is 0 Å². The zero-order valence-electron chi connectivity index (χ0n) is 15.2. The molecule has 2 heteroatoms. The molecule has 0 N–H and O–H groups in total. The molecule has 0 bridgehead atoms. The third-order valence-corrected chi connectivity index (χ3v) is 12.7. The van der Waals surface area contributed by atoms with Crippen molar-refractivity contribution >= 4 is 36.9 Å². The number of benzene rings is 3. The number of hydrogen-bond donors (Lipinski definition) is 0. The van der Waals surface area contributed by atoms with Crippen LogP contribution in [0.4, 0.5) is 0 Å². The van der Waals surface area contributed by atoms with Crippen LogP contribution < -0.4 is 20.7 Å². The maximum absolute atomic E-state index is 6.14. The Morgan fingerprint density at radius 1 is 0.538 bits per heavy atom. The van der Waals surface area contributed by atoms with Gasteiger partial charge in [0.05, 0.1) is 0 Å². The second-order valence-corrected chi connectivity index (χ2v) is 14.1. The van der Waals surface area contributed by atoms with E-state index in [4.69, 9.17) is 12.8 Å². The van der Waals surface area contributed by atoms with Crippen molar-refractivity contribution < 1.29 is 0 Å². The summed E-state index contributed by atoms with van der Waals surface area (Å²) in [5.41, 5.74) is 6.38. The van der Waals surface area contributed by atoms with Gasteiger partial charge in [-0.25, -0.2) is 0 Å². The van der Waals surface area contributed by atoms with Crippen molar-refractivity contribution in [1.82, 2.24) is 0 Å². The second kappa shape index (κ2) is 7.22. The molecule has 0 aliphatic heterocycles. The summed E-state index contributed by atoms with van der Waals surface area (Å²) in [7, 11) is -4.62. The third kappa shape index (κ3) is 2.95. The summed E-state index contributed by atoms with van der Waals surface area (Å²) in [6.07, 6.45) is 12.3. The van der Waals surface area contributed by atoms with Crippen molar-refractivity contribution in [3.8, 4) is 23.9 Å². The number of rotatable bonds is 4. The Labute approximate surface area is 158 Å². The van der Waals surface area contributed by atoms with Gasteiger partial charge in [0, 0.05) is 0 Å². The molecule has 3 aromatic carbocycles. The van der Waals surface area contributed by atoms with E-state index in [9.17, 15) is 0 Å². The lowest BCUT2D eigenvalue weighted by Gasteiger charge is -2.31. The Balaban J connectivity index is 2.27. The molecular weight excluding hydrogens is 344 g/mol. The summed E-state index contributed by atoms with van der Waals surface area (Å²) in [5, 5.41) is 5.03. The predicted octanol–water partition coefficient (Wildman–Crippen LogP) is 2.42. The van der Waals surface area contributed by atoms with E-state index < -0.39 is 16.1 Å². The summed E-state index contributed by atoms with van der Waals surface area (Å²) < 4.78 is 0. The smallest absolute Gasteiger partial charge is 0.126 e. The first-order valence-electron chi connectivity index (χ1n) is 8.73.